The standard InChI is InChI=1S/C22H27ClN2O3/c1-4-19(22(27)24-5-2)25(14-17-12-10-16(3)11-13-17)21(26)15-28-20-9-7-6-8-18(20)23/h6-13,19H,4-5,14-15H2,1-3H3,(H,24,27)/t19-/m1/s1. The monoisotopic (exact) mass is 402 g/mol. The third-order valence-electron chi connectivity index (χ3n) is 4.40. The number of nitrogens with one attached hydrogen (secondary N) is 1. The van der Waals surface area contributed by atoms with Gasteiger partial charge in [-0.25, -0.2) is 0 Å². The van der Waals surface area contributed by atoms with Crippen molar-refractivity contribution in [3.05, 3.63) is 64.7 Å². The molecule has 0 fully saturated rings. The molecule has 0 heterocycles. The molecular formula is C22H27ClN2O3. The van der Waals surface area contributed by atoms with Crippen molar-refractivity contribution < 1.29 is 14.3 Å². The van der Waals surface area contributed by atoms with E-state index in [-0.39, 0.29) is 18.4 Å². The Bertz CT molecular complexity index is 793. The van der Waals surface area contributed by atoms with E-state index >= 15 is 0 Å². The lowest BCUT2D eigenvalue weighted by Gasteiger charge is -2.30. The zero-order valence-corrected chi connectivity index (χ0v) is 17.3. The summed E-state index contributed by atoms with van der Waals surface area (Å²) < 4.78 is 5.62. The van der Waals surface area contributed by atoms with E-state index in [0.717, 1.165) is 11.1 Å². The van der Waals surface area contributed by atoms with E-state index in [0.29, 0.717) is 30.3 Å². The van der Waals surface area contributed by atoms with Gasteiger partial charge < -0.3 is 15.0 Å². The highest BCUT2D eigenvalue weighted by Gasteiger charge is 2.28. The van der Waals surface area contributed by atoms with Gasteiger partial charge in [-0.05, 0) is 38.0 Å². The largest absolute Gasteiger partial charge is 0.482 e. The first-order valence-electron chi connectivity index (χ1n) is 9.46. The van der Waals surface area contributed by atoms with E-state index in [2.05, 4.69) is 5.32 Å². The Balaban J connectivity index is 2.19. The van der Waals surface area contributed by atoms with Gasteiger partial charge in [0, 0.05) is 13.1 Å². The molecular weight excluding hydrogens is 376 g/mol. The van der Waals surface area contributed by atoms with E-state index in [1.807, 2.05) is 45.0 Å². The lowest BCUT2D eigenvalue weighted by atomic mass is 10.1. The van der Waals surface area contributed by atoms with Crippen LogP contribution in [0.2, 0.25) is 5.02 Å². The Morgan fingerprint density at radius 2 is 1.79 bits per heavy atom. The van der Waals surface area contributed by atoms with E-state index in [1.54, 1.807) is 29.2 Å². The second-order valence-electron chi connectivity index (χ2n) is 6.54. The van der Waals surface area contributed by atoms with Crippen molar-refractivity contribution in [2.45, 2.75) is 39.8 Å². The van der Waals surface area contributed by atoms with Crippen LogP contribution in [0.5, 0.6) is 5.75 Å². The van der Waals surface area contributed by atoms with Crippen LogP contribution >= 0.6 is 11.6 Å². The normalized spacial score (nSPS) is 11.6. The number of hydrogen-bond donors (Lipinski definition) is 1. The van der Waals surface area contributed by atoms with Gasteiger partial charge in [0.15, 0.2) is 6.61 Å². The third kappa shape index (κ3) is 5.99. The van der Waals surface area contributed by atoms with Gasteiger partial charge in [-0.15, -0.1) is 0 Å². The summed E-state index contributed by atoms with van der Waals surface area (Å²) in [5.41, 5.74) is 2.10. The van der Waals surface area contributed by atoms with E-state index < -0.39 is 6.04 Å². The van der Waals surface area contributed by atoms with E-state index in [4.69, 9.17) is 16.3 Å². The SMILES string of the molecule is CCNC(=O)[C@@H](CC)N(Cc1ccc(C)cc1)C(=O)COc1ccccc1Cl. The van der Waals surface area contributed by atoms with Crippen molar-refractivity contribution in [2.24, 2.45) is 0 Å². The fraction of sp³-hybridized carbons (Fsp3) is 0.364. The number of ether oxygens (including phenoxy) is 1. The first-order valence-corrected chi connectivity index (χ1v) is 9.84. The van der Waals surface area contributed by atoms with Gasteiger partial charge in [-0.2, -0.15) is 0 Å². The molecule has 0 spiro atoms. The van der Waals surface area contributed by atoms with Gasteiger partial charge >= 0.3 is 0 Å². The van der Waals surface area contributed by atoms with Crippen molar-refractivity contribution in [3.8, 4) is 5.75 Å². The van der Waals surface area contributed by atoms with Crippen molar-refractivity contribution >= 4 is 23.4 Å². The Labute approximate surface area is 171 Å². The molecule has 6 heteroatoms. The molecule has 0 radical (unpaired) electrons. The Morgan fingerprint density at radius 1 is 1.11 bits per heavy atom. The first kappa shape index (κ1) is 21.8. The molecule has 0 aliphatic rings. The van der Waals surface area contributed by atoms with Crippen molar-refractivity contribution in [3.63, 3.8) is 0 Å². The maximum Gasteiger partial charge on any atom is 0.261 e. The predicted molar refractivity (Wildman–Crippen MR) is 111 cm³/mol. The van der Waals surface area contributed by atoms with Crippen LogP contribution in [0, 0.1) is 6.92 Å². The van der Waals surface area contributed by atoms with Gasteiger partial charge in [0.05, 0.1) is 5.02 Å². The molecule has 5 nitrogen and oxygen atoms in total. The molecule has 0 saturated heterocycles. The second kappa shape index (κ2) is 10.7. The summed E-state index contributed by atoms with van der Waals surface area (Å²) in [6.07, 6.45) is 0.509. The number of rotatable bonds is 9. The van der Waals surface area contributed by atoms with Crippen LogP contribution in [-0.4, -0.2) is 35.9 Å². The first-order chi connectivity index (χ1) is 13.5. The van der Waals surface area contributed by atoms with Crippen LogP contribution in [0.15, 0.2) is 48.5 Å². The molecule has 0 bridgehead atoms. The van der Waals surface area contributed by atoms with E-state index in [1.165, 1.54) is 0 Å². The summed E-state index contributed by atoms with van der Waals surface area (Å²) in [7, 11) is 0. The van der Waals surface area contributed by atoms with Gasteiger partial charge in [-0.1, -0.05) is 60.5 Å². The number of halogens is 1. The summed E-state index contributed by atoms with van der Waals surface area (Å²) in [6.45, 7) is 6.42. The zero-order chi connectivity index (χ0) is 20.5. The molecule has 0 unspecified atom stereocenters. The molecule has 0 saturated carbocycles. The highest BCUT2D eigenvalue weighted by atomic mass is 35.5. The second-order valence-corrected chi connectivity index (χ2v) is 6.95. The molecule has 1 atom stereocenters. The van der Waals surface area contributed by atoms with Crippen molar-refractivity contribution in [2.75, 3.05) is 13.2 Å². The molecule has 2 aromatic carbocycles. The van der Waals surface area contributed by atoms with Crippen LogP contribution < -0.4 is 10.1 Å². The summed E-state index contributed by atoms with van der Waals surface area (Å²) in [5, 5.41) is 3.26. The molecule has 0 aliphatic heterocycles. The highest BCUT2D eigenvalue weighted by molar-refractivity contribution is 6.32. The summed E-state index contributed by atoms with van der Waals surface area (Å²) in [6, 6.07) is 14.3. The number of likely N-dealkylation sites (N-methyl/N-ethyl adjacent to an activating group) is 1. The number of amides is 2. The lowest BCUT2D eigenvalue weighted by Crippen LogP contribution is -2.50. The molecule has 150 valence electrons. The molecule has 2 rings (SSSR count). The lowest BCUT2D eigenvalue weighted by molar-refractivity contribution is -0.142. The van der Waals surface area contributed by atoms with Crippen molar-refractivity contribution in [1.29, 1.82) is 0 Å². The minimum absolute atomic E-state index is 0.164. The fourth-order valence-electron chi connectivity index (χ4n) is 2.89. The molecule has 1 N–H and O–H groups in total. The van der Waals surface area contributed by atoms with Gasteiger partial charge in [0.2, 0.25) is 5.91 Å². The Morgan fingerprint density at radius 3 is 2.39 bits per heavy atom. The molecule has 28 heavy (non-hydrogen) atoms. The smallest absolute Gasteiger partial charge is 0.261 e. The maximum atomic E-state index is 13.0. The van der Waals surface area contributed by atoms with Gasteiger partial charge in [0.25, 0.3) is 5.91 Å². The molecule has 2 amide bonds. The minimum Gasteiger partial charge on any atom is -0.482 e. The average molecular weight is 403 g/mol. The number of benzene rings is 2. The zero-order valence-electron chi connectivity index (χ0n) is 16.6. The Kier molecular flexibility index (Phi) is 8.33. The number of aryl methyl sites for hydroxylation is 1. The van der Waals surface area contributed by atoms with Gasteiger partial charge in [-0.3, -0.25) is 9.59 Å². The predicted octanol–water partition coefficient (Wildman–Crippen LogP) is 3.97. The summed E-state index contributed by atoms with van der Waals surface area (Å²) >= 11 is 6.10. The summed E-state index contributed by atoms with van der Waals surface area (Å²) in [4.78, 5) is 27.1. The van der Waals surface area contributed by atoms with Crippen LogP contribution in [0.3, 0.4) is 0 Å². The third-order valence-corrected chi connectivity index (χ3v) is 4.71. The van der Waals surface area contributed by atoms with Crippen LogP contribution in [0.1, 0.15) is 31.4 Å². The molecule has 0 aliphatic carbocycles. The van der Waals surface area contributed by atoms with Gasteiger partial charge in [0.1, 0.15) is 11.8 Å². The maximum absolute atomic E-state index is 13.0. The number of hydrogen-bond acceptors (Lipinski definition) is 3. The number of nitrogens with zero attached hydrogens (tertiary/aromatic N) is 1. The fourth-order valence-corrected chi connectivity index (χ4v) is 3.08. The summed E-state index contributed by atoms with van der Waals surface area (Å²) in [5.74, 6) is 0.0145. The molecule has 2 aromatic rings. The molecule has 0 aromatic heterocycles. The van der Waals surface area contributed by atoms with Crippen LogP contribution in [0.25, 0.3) is 0 Å². The average Bonchev–Trinajstić information content (AvgIpc) is 2.68. The number of carbonyl (C=O) groups is 2. The minimum atomic E-state index is -0.566. The van der Waals surface area contributed by atoms with Crippen LogP contribution in [0.4, 0.5) is 0 Å². The number of para-hydroxylation sites is 1. The topological polar surface area (TPSA) is 58.6 Å². The van der Waals surface area contributed by atoms with Crippen molar-refractivity contribution in [1.82, 2.24) is 10.2 Å². The number of carbonyl (C=O) groups excluding carboxylic acids is 2. The Hall–Kier alpha value is -2.53. The van der Waals surface area contributed by atoms with Crippen LogP contribution in [-0.2, 0) is 16.1 Å². The quantitative estimate of drug-likeness (QED) is 0.690. The highest BCUT2D eigenvalue weighted by Crippen LogP contribution is 2.23. The van der Waals surface area contributed by atoms with E-state index in [9.17, 15) is 9.59 Å².